The van der Waals surface area contributed by atoms with Gasteiger partial charge in [-0.15, -0.1) is 0 Å². The molecule has 0 aromatic carbocycles. The van der Waals surface area contributed by atoms with Gasteiger partial charge in [0.05, 0.1) is 0 Å². The van der Waals surface area contributed by atoms with Crippen molar-refractivity contribution in [2.45, 2.75) is 25.8 Å². The molecule has 2 amide bonds. The monoisotopic (exact) mass is 260 g/mol. The Hall–Kier alpha value is -0.910. The molecular formula is C11H20N2O3S. The van der Waals surface area contributed by atoms with Gasteiger partial charge in [0.2, 0.25) is 0 Å². The Bertz CT molecular complexity index is 286. The molecule has 0 aromatic heterocycles. The van der Waals surface area contributed by atoms with Gasteiger partial charge >= 0.3 is 12.0 Å². The molecule has 5 nitrogen and oxygen atoms in total. The first kappa shape index (κ1) is 14.2. The van der Waals surface area contributed by atoms with Crippen molar-refractivity contribution in [1.29, 1.82) is 0 Å². The van der Waals surface area contributed by atoms with E-state index in [1.807, 2.05) is 13.2 Å². The highest BCUT2D eigenvalue weighted by molar-refractivity contribution is 7.98. The van der Waals surface area contributed by atoms with Crippen LogP contribution in [0.4, 0.5) is 4.79 Å². The Kier molecular flexibility index (Phi) is 5.61. The van der Waals surface area contributed by atoms with Crippen molar-refractivity contribution < 1.29 is 14.7 Å². The standard InChI is InChI=1S/C11H20N2O3S/c1-8-4-3-6-13(9(8)10(14)15)11(16)12-5-7-17-2/h8-9H,3-7H2,1-2H3,(H,12,16)(H,14,15). The number of carbonyl (C=O) groups is 2. The van der Waals surface area contributed by atoms with Crippen molar-refractivity contribution in [2.24, 2.45) is 5.92 Å². The van der Waals surface area contributed by atoms with E-state index in [4.69, 9.17) is 0 Å². The molecule has 1 aliphatic heterocycles. The maximum atomic E-state index is 11.9. The van der Waals surface area contributed by atoms with Gasteiger partial charge in [-0.2, -0.15) is 11.8 Å². The zero-order valence-electron chi connectivity index (χ0n) is 10.3. The average Bonchev–Trinajstić information content (AvgIpc) is 2.28. The number of hydrogen-bond donors (Lipinski definition) is 2. The minimum absolute atomic E-state index is 0.0209. The van der Waals surface area contributed by atoms with Crippen LogP contribution < -0.4 is 5.32 Å². The van der Waals surface area contributed by atoms with Gasteiger partial charge in [-0.3, -0.25) is 0 Å². The molecule has 1 heterocycles. The Morgan fingerprint density at radius 2 is 2.24 bits per heavy atom. The van der Waals surface area contributed by atoms with Crippen molar-refractivity contribution in [2.75, 3.05) is 25.1 Å². The van der Waals surface area contributed by atoms with E-state index in [2.05, 4.69) is 5.32 Å². The summed E-state index contributed by atoms with van der Waals surface area (Å²) in [6.45, 7) is 3.00. The van der Waals surface area contributed by atoms with Crippen LogP contribution in [0.5, 0.6) is 0 Å². The topological polar surface area (TPSA) is 69.6 Å². The van der Waals surface area contributed by atoms with Crippen molar-refractivity contribution in [3.05, 3.63) is 0 Å². The van der Waals surface area contributed by atoms with Gasteiger partial charge < -0.3 is 15.3 Å². The van der Waals surface area contributed by atoms with Gasteiger partial charge in [-0.1, -0.05) is 6.92 Å². The van der Waals surface area contributed by atoms with E-state index in [0.717, 1.165) is 18.6 Å². The molecule has 0 aliphatic carbocycles. The SMILES string of the molecule is CSCCNC(=O)N1CCCC(C)C1C(=O)O. The number of urea groups is 1. The van der Waals surface area contributed by atoms with E-state index in [-0.39, 0.29) is 11.9 Å². The lowest BCUT2D eigenvalue weighted by Crippen LogP contribution is -2.55. The van der Waals surface area contributed by atoms with Crippen molar-refractivity contribution >= 4 is 23.8 Å². The summed E-state index contributed by atoms with van der Waals surface area (Å²) in [6, 6.07) is -0.934. The Labute approximate surface area is 106 Å². The fraction of sp³-hybridized carbons (Fsp3) is 0.818. The van der Waals surface area contributed by atoms with E-state index in [1.165, 1.54) is 4.90 Å². The van der Waals surface area contributed by atoms with Gasteiger partial charge in [-0.25, -0.2) is 9.59 Å². The summed E-state index contributed by atoms with van der Waals surface area (Å²) in [5.41, 5.74) is 0. The zero-order valence-corrected chi connectivity index (χ0v) is 11.1. The highest BCUT2D eigenvalue weighted by Gasteiger charge is 2.36. The summed E-state index contributed by atoms with van der Waals surface area (Å²) in [7, 11) is 0. The summed E-state index contributed by atoms with van der Waals surface area (Å²) in [5, 5.41) is 11.9. The van der Waals surface area contributed by atoms with E-state index in [0.29, 0.717) is 13.1 Å². The molecule has 1 rings (SSSR count). The normalized spacial score (nSPS) is 24.5. The number of carboxylic acid groups (broad SMARTS) is 1. The summed E-state index contributed by atoms with van der Waals surface area (Å²) in [4.78, 5) is 24.5. The van der Waals surface area contributed by atoms with Gasteiger partial charge in [0, 0.05) is 18.8 Å². The van der Waals surface area contributed by atoms with Crippen LogP contribution in [-0.2, 0) is 4.79 Å². The number of nitrogens with one attached hydrogen (secondary N) is 1. The third kappa shape index (κ3) is 3.80. The predicted octanol–water partition coefficient (Wildman–Crippen LogP) is 1.24. The summed E-state index contributed by atoms with van der Waals surface area (Å²) in [6.07, 6.45) is 3.71. The van der Waals surface area contributed by atoms with Crippen molar-refractivity contribution in [3.63, 3.8) is 0 Å². The van der Waals surface area contributed by atoms with Crippen LogP contribution in [0.1, 0.15) is 19.8 Å². The molecule has 1 aliphatic rings. The van der Waals surface area contributed by atoms with E-state index in [9.17, 15) is 14.7 Å². The van der Waals surface area contributed by atoms with Crippen LogP contribution in [0, 0.1) is 5.92 Å². The highest BCUT2D eigenvalue weighted by Crippen LogP contribution is 2.23. The van der Waals surface area contributed by atoms with E-state index >= 15 is 0 Å². The van der Waals surface area contributed by atoms with Crippen LogP contribution in [-0.4, -0.2) is 53.1 Å². The minimum Gasteiger partial charge on any atom is -0.480 e. The molecule has 6 heteroatoms. The fourth-order valence-electron chi connectivity index (χ4n) is 2.15. The molecule has 0 spiro atoms. The quantitative estimate of drug-likeness (QED) is 0.746. The maximum absolute atomic E-state index is 11.9. The first-order chi connectivity index (χ1) is 8.07. The second-order valence-electron chi connectivity index (χ2n) is 4.32. The molecule has 2 unspecified atom stereocenters. The lowest BCUT2D eigenvalue weighted by Gasteiger charge is -2.37. The van der Waals surface area contributed by atoms with Gasteiger partial charge in [0.15, 0.2) is 0 Å². The Morgan fingerprint density at radius 1 is 1.53 bits per heavy atom. The maximum Gasteiger partial charge on any atom is 0.326 e. The molecule has 0 bridgehead atoms. The first-order valence-electron chi connectivity index (χ1n) is 5.84. The Balaban J connectivity index is 2.59. The molecule has 1 fully saturated rings. The molecule has 17 heavy (non-hydrogen) atoms. The largest absolute Gasteiger partial charge is 0.480 e. The third-order valence-electron chi connectivity index (χ3n) is 3.03. The van der Waals surface area contributed by atoms with Gasteiger partial charge in [-0.05, 0) is 25.0 Å². The number of likely N-dealkylation sites (tertiary alicyclic amines) is 1. The lowest BCUT2D eigenvalue weighted by atomic mass is 9.91. The summed E-state index contributed by atoms with van der Waals surface area (Å²) >= 11 is 1.65. The average molecular weight is 260 g/mol. The predicted molar refractivity (Wildman–Crippen MR) is 68.3 cm³/mol. The molecule has 1 saturated heterocycles. The molecule has 2 N–H and O–H groups in total. The second-order valence-corrected chi connectivity index (χ2v) is 5.31. The van der Waals surface area contributed by atoms with Crippen molar-refractivity contribution in [3.8, 4) is 0 Å². The second kappa shape index (κ2) is 6.74. The fourth-order valence-corrected chi connectivity index (χ4v) is 2.46. The number of piperidine rings is 1. The molecule has 2 atom stereocenters. The lowest BCUT2D eigenvalue weighted by molar-refractivity contribution is -0.145. The smallest absolute Gasteiger partial charge is 0.326 e. The third-order valence-corrected chi connectivity index (χ3v) is 3.64. The number of amides is 2. The van der Waals surface area contributed by atoms with Crippen LogP contribution in [0.2, 0.25) is 0 Å². The van der Waals surface area contributed by atoms with Gasteiger partial charge in [0.1, 0.15) is 6.04 Å². The highest BCUT2D eigenvalue weighted by atomic mass is 32.2. The Morgan fingerprint density at radius 3 is 2.82 bits per heavy atom. The summed E-state index contributed by atoms with van der Waals surface area (Å²) in [5.74, 6) is -0.0443. The number of carbonyl (C=O) groups excluding carboxylic acids is 1. The zero-order chi connectivity index (χ0) is 12.8. The van der Waals surface area contributed by atoms with Crippen LogP contribution in [0.25, 0.3) is 0 Å². The van der Waals surface area contributed by atoms with E-state index < -0.39 is 12.0 Å². The molecule has 0 aromatic rings. The summed E-state index contributed by atoms with van der Waals surface area (Å²) < 4.78 is 0. The molecule has 0 radical (unpaired) electrons. The number of aliphatic carboxylic acids is 1. The van der Waals surface area contributed by atoms with Crippen molar-refractivity contribution in [1.82, 2.24) is 10.2 Å². The van der Waals surface area contributed by atoms with Gasteiger partial charge in [0.25, 0.3) is 0 Å². The number of thioether (sulfide) groups is 1. The minimum atomic E-state index is -0.905. The molecule has 98 valence electrons. The van der Waals surface area contributed by atoms with Crippen LogP contribution in [0.3, 0.4) is 0 Å². The van der Waals surface area contributed by atoms with Crippen LogP contribution in [0.15, 0.2) is 0 Å². The number of rotatable bonds is 4. The molecular weight excluding hydrogens is 240 g/mol. The number of carboxylic acids is 1. The number of nitrogens with zero attached hydrogens (tertiary/aromatic N) is 1. The number of hydrogen-bond acceptors (Lipinski definition) is 3. The van der Waals surface area contributed by atoms with E-state index in [1.54, 1.807) is 11.8 Å². The molecule has 0 saturated carbocycles. The first-order valence-corrected chi connectivity index (χ1v) is 7.23. The van der Waals surface area contributed by atoms with Crippen LogP contribution >= 0.6 is 11.8 Å².